The van der Waals surface area contributed by atoms with Gasteiger partial charge in [-0.25, -0.2) is 0 Å². The summed E-state index contributed by atoms with van der Waals surface area (Å²) in [6.07, 6.45) is 4.11. The van der Waals surface area contributed by atoms with E-state index in [1.807, 2.05) is 11.3 Å². The molecule has 2 rings (SSSR count). The minimum absolute atomic E-state index is 0.834. The zero-order chi connectivity index (χ0) is 10.7. The summed E-state index contributed by atoms with van der Waals surface area (Å²) in [5.74, 6) is 0.834. The average Bonchev–Trinajstić information content (AvgIpc) is 2.54. The molecule has 1 fully saturated rings. The van der Waals surface area contributed by atoms with Gasteiger partial charge >= 0.3 is 0 Å². The average molecular weight is 223 g/mol. The van der Waals surface area contributed by atoms with E-state index in [1.54, 1.807) is 4.88 Å². The molecular formula is C13H21NS. The van der Waals surface area contributed by atoms with Gasteiger partial charge in [0, 0.05) is 9.75 Å². The lowest BCUT2D eigenvalue weighted by atomic mass is 9.99. The van der Waals surface area contributed by atoms with E-state index in [4.69, 9.17) is 0 Å². The normalized spacial score (nSPS) is 24.0. The number of nitrogens with zero attached hydrogens (tertiary/aromatic N) is 1. The van der Waals surface area contributed by atoms with Crippen LogP contribution in [0.4, 0.5) is 0 Å². The molecule has 2 heteroatoms. The Morgan fingerprint density at radius 2 is 2.20 bits per heavy atom. The Morgan fingerprint density at radius 3 is 2.87 bits per heavy atom. The highest BCUT2D eigenvalue weighted by atomic mass is 32.1. The van der Waals surface area contributed by atoms with Crippen LogP contribution in [0, 0.1) is 6.92 Å². The predicted molar refractivity (Wildman–Crippen MR) is 67.8 cm³/mol. The van der Waals surface area contributed by atoms with Crippen molar-refractivity contribution in [3.8, 4) is 0 Å². The van der Waals surface area contributed by atoms with Crippen LogP contribution in [0.1, 0.15) is 41.9 Å². The number of hydrogen-bond donors (Lipinski definition) is 0. The van der Waals surface area contributed by atoms with Crippen molar-refractivity contribution in [3.05, 3.63) is 21.9 Å². The van der Waals surface area contributed by atoms with Crippen molar-refractivity contribution >= 4 is 11.3 Å². The van der Waals surface area contributed by atoms with Gasteiger partial charge in [0.25, 0.3) is 0 Å². The molecule has 1 nitrogen and oxygen atoms in total. The molecule has 0 radical (unpaired) electrons. The number of rotatable bonds is 2. The Balaban J connectivity index is 1.99. The molecule has 0 amide bonds. The Morgan fingerprint density at radius 1 is 1.33 bits per heavy atom. The monoisotopic (exact) mass is 223 g/mol. The molecule has 1 aliphatic rings. The molecule has 1 saturated heterocycles. The van der Waals surface area contributed by atoms with Gasteiger partial charge in [0.1, 0.15) is 0 Å². The highest BCUT2D eigenvalue weighted by Gasteiger charge is 2.18. The maximum Gasteiger partial charge on any atom is 0.00795 e. The molecule has 1 atom stereocenters. The number of aryl methyl sites for hydroxylation is 1. The first-order chi connectivity index (χ1) is 7.29. The molecule has 0 bridgehead atoms. The topological polar surface area (TPSA) is 3.24 Å². The first-order valence-corrected chi connectivity index (χ1v) is 6.90. The van der Waals surface area contributed by atoms with Crippen LogP contribution in [-0.4, -0.2) is 24.5 Å². The molecule has 0 N–H and O–H groups in total. The third-order valence-electron chi connectivity index (χ3n) is 3.43. The fraction of sp³-hybridized carbons (Fsp3) is 0.692. The van der Waals surface area contributed by atoms with Gasteiger partial charge in [0.2, 0.25) is 0 Å². The first-order valence-electron chi connectivity index (χ1n) is 6.08. The zero-order valence-corrected chi connectivity index (χ0v) is 10.6. The molecule has 2 heterocycles. The lowest BCUT2D eigenvalue weighted by Crippen LogP contribution is -2.23. The third kappa shape index (κ3) is 2.82. The van der Waals surface area contributed by atoms with Gasteiger partial charge in [-0.3, -0.25) is 0 Å². The van der Waals surface area contributed by atoms with E-state index in [0.717, 1.165) is 5.92 Å². The standard InChI is InChI=1S/C13H21NS/c1-3-14-9-4-5-12(8-10-14)13-7-6-11(2)15-13/h6-7,12H,3-5,8-10H2,1-2H3. The number of thiophene rings is 1. The highest BCUT2D eigenvalue weighted by Crippen LogP contribution is 2.32. The second-order valence-electron chi connectivity index (χ2n) is 4.51. The van der Waals surface area contributed by atoms with Crippen LogP contribution in [0.3, 0.4) is 0 Å². The second kappa shape index (κ2) is 5.13. The van der Waals surface area contributed by atoms with E-state index in [0.29, 0.717) is 0 Å². The zero-order valence-electron chi connectivity index (χ0n) is 9.83. The van der Waals surface area contributed by atoms with Crippen LogP contribution >= 0.6 is 11.3 Å². The van der Waals surface area contributed by atoms with E-state index in [-0.39, 0.29) is 0 Å². The van der Waals surface area contributed by atoms with Crippen LogP contribution in [0.15, 0.2) is 12.1 Å². The molecule has 0 aliphatic carbocycles. The predicted octanol–water partition coefficient (Wildman–Crippen LogP) is 3.65. The summed E-state index contributed by atoms with van der Waals surface area (Å²) in [7, 11) is 0. The van der Waals surface area contributed by atoms with Gasteiger partial charge in [-0.05, 0) is 63.9 Å². The van der Waals surface area contributed by atoms with Gasteiger partial charge < -0.3 is 4.90 Å². The van der Waals surface area contributed by atoms with Gasteiger partial charge in [-0.15, -0.1) is 11.3 Å². The minimum Gasteiger partial charge on any atom is -0.304 e. The highest BCUT2D eigenvalue weighted by molar-refractivity contribution is 7.12. The summed E-state index contributed by atoms with van der Waals surface area (Å²) in [5.41, 5.74) is 0. The Bertz CT molecular complexity index is 305. The number of likely N-dealkylation sites (tertiary alicyclic amines) is 1. The van der Waals surface area contributed by atoms with Crippen LogP contribution in [-0.2, 0) is 0 Å². The molecule has 15 heavy (non-hydrogen) atoms. The summed E-state index contributed by atoms with van der Waals surface area (Å²) < 4.78 is 0. The quantitative estimate of drug-likeness (QED) is 0.740. The van der Waals surface area contributed by atoms with E-state index in [9.17, 15) is 0 Å². The summed E-state index contributed by atoms with van der Waals surface area (Å²) >= 11 is 1.99. The van der Waals surface area contributed by atoms with Crippen molar-refractivity contribution in [2.45, 2.75) is 39.0 Å². The van der Waals surface area contributed by atoms with E-state index in [1.165, 1.54) is 43.8 Å². The van der Waals surface area contributed by atoms with Crippen molar-refractivity contribution in [1.29, 1.82) is 0 Å². The van der Waals surface area contributed by atoms with Crippen LogP contribution < -0.4 is 0 Å². The van der Waals surface area contributed by atoms with Crippen molar-refractivity contribution in [2.75, 3.05) is 19.6 Å². The van der Waals surface area contributed by atoms with Crippen LogP contribution in [0.5, 0.6) is 0 Å². The SMILES string of the molecule is CCN1CCCC(c2ccc(C)s2)CC1. The van der Waals surface area contributed by atoms with Crippen molar-refractivity contribution in [3.63, 3.8) is 0 Å². The maximum atomic E-state index is 2.58. The van der Waals surface area contributed by atoms with Gasteiger partial charge in [-0.2, -0.15) is 0 Å². The largest absolute Gasteiger partial charge is 0.304 e. The Hall–Kier alpha value is -0.340. The summed E-state index contributed by atoms with van der Waals surface area (Å²) in [6.45, 7) is 8.30. The molecule has 1 aromatic heterocycles. The fourth-order valence-electron chi connectivity index (χ4n) is 2.43. The summed E-state index contributed by atoms with van der Waals surface area (Å²) in [6, 6.07) is 4.61. The first kappa shape index (κ1) is 11.2. The molecule has 1 aliphatic heterocycles. The minimum atomic E-state index is 0.834. The lowest BCUT2D eigenvalue weighted by Gasteiger charge is -2.17. The van der Waals surface area contributed by atoms with Crippen LogP contribution in [0.25, 0.3) is 0 Å². The lowest BCUT2D eigenvalue weighted by molar-refractivity contribution is 0.299. The molecule has 1 unspecified atom stereocenters. The molecule has 0 saturated carbocycles. The Kier molecular flexibility index (Phi) is 3.81. The number of hydrogen-bond acceptors (Lipinski definition) is 2. The summed E-state index contributed by atoms with van der Waals surface area (Å²) in [4.78, 5) is 5.66. The van der Waals surface area contributed by atoms with Gasteiger partial charge in [-0.1, -0.05) is 6.92 Å². The van der Waals surface area contributed by atoms with Gasteiger partial charge in [0.05, 0.1) is 0 Å². The smallest absolute Gasteiger partial charge is 0.00795 e. The van der Waals surface area contributed by atoms with Crippen molar-refractivity contribution in [2.24, 2.45) is 0 Å². The molecule has 0 aromatic carbocycles. The van der Waals surface area contributed by atoms with E-state index >= 15 is 0 Å². The molecule has 84 valence electrons. The van der Waals surface area contributed by atoms with Crippen LogP contribution in [0.2, 0.25) is 0 Å². The molecule has 0 spiro atoms. The van der Waals surface area contributed by atoms with Crippen molar-refractivity contribution < 1.29 is 0 Å². The molecule has 1 aromatic rings. The second-order valence-corrected chi connectivity index (χ2v) is 5.83. The maximum absolute atomic E-state index is 2.58. The molecular weight excluding hydrogens is 202 g/mol. The fourth-order valence-corrected chi connectivity index (χ4v) is 3.48. The van der Waals surface area contributed by atoms with Crippen molar-refractivity contribution in [1.82, 2.24) is 4.90 Å². The van der Waals surface area contributed by atoms with E-state index < -0.39 is 0 Å². The van der Waals surface area contributed by atoms with E-state index in [2.05, 4.69) is 30.9 Å². The summed E-state index contributed by atoms with van der Waals surface area (Å²) in [5, 5.41) is 0. The third-order valence-corrected chi connectivity index (χ3v) is 4.59. The Labute approximate surface area is 97.1 Å². The van der Waals surface area contributed by atoms with Gasteiger partial charge in [0.15, 0.2) is 0 Å².